The molecule has 2 heterocycles. The zero-order valence-corrected chi connectivity index (χ0v) is 15.0. The van der Waals surface area contributed by atoms with Crippen molar-refractivity contribution in [2.45, 2.75) is 39.2 Å². The standard InChI is InChI=1S/C20H27N3O2/c1-20(2,13-24)18(15-6-4-3-5-7-15)12-22-19(25)16-8-9-23-14-21-11-17(23)10-16/h3-7,11,14,16,18,24H,8-10,12-13H2,1-2H3,(H,22,25). The lowest BCUT2D eigenvalue weighted by molar-refractivity contribution is -0.125. The van der Waals surface area contributed by atoms with Crippen LogP contribution in [0.25, 0.3) is 0 Å². The molecular weight excluding hydrogens is 314 g/mol. The van der Waals surface area contributed by atoms with E-state index in [2.05, 4.69) is 27.0 Å². The summed E-state index contributed by atoms with van der Waals surface area (Å²) < 4.78 is 2.12. The molecule has 5 nitrogen and oxygen atoms in total. The first-order chi connectivity index (χ1) is 12.0. The molecule has 134 valence electrons. The van der Waals surface area contributed by atoms with Gasteiger partial charge in [-0.3, -0.25) is 4.79 Å². The predicted molar refractivity (Wildman–Crippen MR) is 97.1 cm³/mol. The van der Waals surface area contributed by atoms with Crippen molar-refractivity contribution in [2.75, 3.05) is 13.2 Å². The number of carbonyl (C=O) groups is 1. The van der Waals surface area contributed by atoms with Crippen LogP contribution >= 0.6 is 0 Å². The summed E-state index contributed by atoms with van der Waals surface area (Å²) in [6.07, 6.45) is 5.26. The van der Waals surface area contributed by atoms with Gasteiger partial charge in [0.05, 0.1) is 6.33 Å². The fraction of sp³-hybridized carbons (Fsp3) is 0.500. The molecule has 3 rings (SSSR count). The number of amides is 1. The highest BCUT2D eigenvalue weighted by Gasteiger charge is 2.32. The fourth-order valence-electron chi connectivity index (χ4n) is 3.58. The van der Waals surface area contributed by atoms with Crippen LogP contribution in [0.15, 0.2) is 42.9 Å². The third-order valence-electron chi connectivity index (χ3n) is 5.38. The molecule has 1 aromatic heterocycles. The number of nitrogens with zero attached hydrogens (tertiary/aromatic N) is 2. The van der Waals surface area contributed by atoms with Gasteiger partial charge in [-0.2, -0.15) is 0 Å². The zero-order valence-electron chi connectivity index (χ0n) is 15.0. The number of rotatable bonds is 6. The first-order valence-electron chi connectivity index (χ1n) is 8.94. The number of carbonyl (C=O) groups excluding carboxylic acids is 1. The van der Waals surface area contributed by atoms with Crippen LogP contribution in [-0.4, -0.2) is 33.7 Å². The summed E-state index contributed by atoms with van der Waals surface area (Å²) in [4.78, 5) is 16.8. The normalized spacial score (nSPS) is 18.4. The Kier molecular flexibility index (Phi) is 5.23. The van der Waals surface area contributed by atoms with E-state index in [0.29, 0.717) is 6.54 Å². The van der Waals surface area contributed by atoms with Crippen LogP contribution in [0.2, 0.25) is 0 Å². The number of hydrogen-bond donors (Lipinski definition) is 2. The van der Waals surface area contributed by atoms with Crippen molar-refractivity contribution in [3.63, 3.8) is 0 Å². The van der Waals surface area contributed by atoms with Crippen LogP contribution in [0.1, 0.15) is 37.4 Å². The first-order valence-corrected chi connectivity index (χ1v) is 8.94. The zero-order chi connectivity index (χ0) is 17.9. The average molecular weight is 341 g/mol. The average Bonchev–Trinajstić information content (AvgIpc) is 3.10. The van der Waals surface area contributed by atoms with E-state index in [-0.39, 0.29) is 29.8 Å². The molecule has 1 aliphatic heterocycles. The molecule has 2 aromatic rings. The van der Waals surface area contributed by atoms with Crippen LogP contribution in [0.4, 0.5) is 0 Å². The quantitative estimate of drug-likeness (QED) is 0.848. The Hall–Kier alpha value is -2.14. The Balaban J connectivity index is 1.66. The van der Waals surface area contributed by atoms with E-state index < -0.39 is 0 Å². The minimum atomic E-state index is -0.306. The third kappa shape index (κ3) is 3.93. The highest BCUT2D eigenvalue weighted by molar-refractivity contribution is 5.79. The van der Waals surface area contributed by atoms with Gasteiger partial charge in [0.15, 0.2) is 0 Å². The molecule has 1 aliphatic rings. The number of benzene rings is 1. The molecule has 5 heteroatoms. The summed E-state index contributed by atoms with van der Waals surface area (Å²) in [6, 6.07) is 10.1. The van der Waals surface area contributed by atoms with Gasteiger partial charge in [0.1, 0.15) is 0 Å². The highest BCUT2D eigenvalue weighted by Crippen LogP contribution is 2.34. The summed E-state index contributed by atoms with van der Waals surface area (Å²) in [7, 11) is 0. The number of aryl methyl sites for hydroxylation is 1. The third-order valence-corrected chi connectivity index (χ3v) is 5.38. The van der Waals surface area contributed by atoms with E-state index in [0.717, 1.165) is 30.6 Å². The summed E-state index contributed by atoms with van der Waals surface area (Å²) in [5.74, 6) is 0.164. The smallest absolute Gasteiger partial charge is 0.223 e. The van der Waals surface area contributed by atoms with E-state index in [1.165, 1.54) is 0 Å². The summed E-state index contributed by atoms with van der Waals surface area (Å²) in [5.41, 5.74) is 1.96. The Morgan fingerprint density at radius 2 is 2.16 bits per heavy atom. The lowest BCUT2D eigenvalue weighted by Gasteiger charge is -2.34. The van der Waals surface area contributed by atoms with Gasteiger partial charge >= 0.3 is 0 Å². The summed E-state index contributed by atoms with van der Waals surface area (Å²) in [6.45, 7) is 5.53. The van der Waals surface area contributed by atoms with E-state index in [9.17, 15) is 9.90 Å². The maximum Gasteiger partial charge on any atom is 0.223 e. The molecule has 1 aromatic carbocycles. The molecule has 0 radical (unpaired) electrons. The van der Waals surface area contributed by atoms with Crippen LogP contribution in [0.3, 0.4) is 0 Å². The molecule has 0 saturated heterocycles. The van der Waals surface area contributed by atoms with Gasteiger partial charge in [0, 0.05) is 49.8 Å². The van der Waals surface area contributed by atoms with Gasteiger partial charge in [-0.25, -0.2) is 4.98 Å². The van der Waals surface area contributed by atoms with Crippen molar-refractivity contribution >= 4 is 5.91 Å². The number of fused-ring (bicyclic) bond motifs is 1. The van der Waals surface area contributed by atoms with E-state index in [4.69, 9.17) is 0 Å². The van der Waals surface area contributed by atoms with E-state index in [1.54, 1.807) is 0 Å². The topological polar surface area (TPSA) is 67.2 Å². The lowest BCUT2D eigenvalue weighted by Crippen LogP contribution is -2.41. The number of aliphatic hydroxyl groups excluding tert-OH is 1. The Labute approximate surface area is 149 Å². The van der Waals surface area contributed by atoms with Crippen molar-refractivity contribution in [1.82, 2.24) is 14.9 Å². The first kappa shape index (κ1) is 17.7. The van der Waals surface area contributed by atoms with Crippen molar-refractivity contribution in [1.29, 1.82) is 0 Å². The Morgan fingerprint density at radius 3 is 2.88 bits per heavy atom. The molecule has 1 amide bonds. The number of aliphatic hydroxyl groups is 1. The molecule has 2 unspecified atom stereocenters. The Morgan fingerprint density at radius 1 is 1.40 bits per heavy atom. The van der Waals surface area contributed by atoms with Gasteiger partial charge < -0.3 is 15.0 Å². The second-order valence-electron chi connectivity index (χ2n) is 7.62. The SMILES string of the molecule is CC(C)(CO)C(CNC(=O)C1CCn2cncc2C1)c1ccccc1. The minimum absolute atomic E-state index is 0.00198. The molecule has 2 atom stereocenters. The highest BCUT2D eigenvalue weighted by atomic mass is 16.3. The summed E-state index contributed by atoms with van der Waals surface area (Å²) >= 11 is 0. The predicted octanol–water partition coefficient (Wildman–Crippen LogP) is 2.36. The van der Waals surface area contributed by atoms with E-state index >= 15 is 0 Å². The molecule has 0 fully saturated rings. The summed E-state index contributed by atoms with van der Waals surface area (Å²) in [5, 5.41) is 12.9. The minimum Gasteiger partial charge on any atom is -0.396 e. The molecule has 2 N–H and O–H groups in total. The van der Waals surface area contributed by atoms with Crippen LogP contribution in [0.5, 0.6) is 0 Å². The number of aromatic nitrogens is 2. The maximum atomic E-state index is 12.7. The fourth-order valence-corrected chi connectivity index (χ4v) is 3.58. The van der Waals surface area contributed by atoms with Crippen molar-refractivity contribution in [3.8, 4) is 0 Å². The van der Waals surface area contributed by atoms with Gasteiger partial charge in [-0.15, -0.1) is 0 Å². The number of nitrogens with one attached hydrogen (secondary N) is 1. The van der Waals surface area contributed by atoms with Crippen LogP contribution < -0.4 is 5.32 Å². The van der Waals surface area contributed by atoms with Gasteiger partial charge in [-0.1, -0.05) is 44.2 Å². The maximum absolute atomic E-state index is 12.7. The van der Waals surface area contributed by atoms with Gasteiger partial charge in [-0.05, 0) is 17.4 Å². The van der Waals surface area contributed by atoms with Crippen LogP contribution in [-0.2, 0) is 17.8 Å². The molecule has 0 aliphatic carbocycles. The second-order valence-corrected chi connectivity index (χ2v) is 7.62. The Bertz CT molecular complexity index is 709. The molecular formula is C20H27N3O2. The monoisotopic (exact) mass is 341 g/mol. The van der Waals surface area contributed by atoms with Crippen molar-refractivity contribution < 1.29 is 9.90 Å². The molecule has 0 spiro atoms. The lowest BCUT2D eigenvalue weighted by atomic mass is 9.75. The van der Waals surface area contributed by atoms with Gasteiger partial charge in [0.2, 0.25) is 5.91 Å². The van der Waals surface area contributed by atoms with Crippen molar-refractivity contribution in [2.24, 2.45) is 11.3 Å². The van der Waals surface area contributed by atoms with E-state index in [1.807, 2.05) is 44.6 Å². The van der Waals surface area contributed by atoms with Crippen LogP contribution in [0, 0.1) is 11.3 Å². The second kappa shape index (κ2) is 7.40. The number of hydrogen-bond acceptors (Lipinski definition) is 3. The molecule has 25 heavy (non-hydrogen) atoms. The molecule has 0 saturated carbocycles. The van der Waals surface area contributed by atoms with Crippen molar-refractivity contribution in [3.05, 3.63) is 54.1 Å². The number of imidazole rings is 1. The molecule has 0 bridgehead atoms. The van der Waals surface area contributed by atoms with Gasteiger partial charge in [0.25, 0.3) is 0 Å². The largest absolute Gasteiger partial charge is 0.396 e.